The number of carboxylic acid groups (broad SMARTS) is 1. The van der Waals surface area contributed by atoms with Gasteiger partial charge in [-0.3, -0.25) is 0 Å². The second-order valence-electron chi connectivity index (χ2n) is 3.13. The third-order valence-electron chi connectivity index (χ3n) is 2.19. The summed E-state index contributed by atoms with van der Waals surface area (Å²) in [5, 5.41) is 9.93. The van der Waals surface area contributed by atoms with E-state index in [1.165, 1.54) is 0 Å². The average molecular weight is 301 g/mol. The number of carbonyl (C=O) groups is 1. The van der Waals surface area contributed by atoms with Gasteiger partial charge < -0.3 is 9.67 Å². The molecule has 1 aromatic heterocycles. The number of hydrogen-bond acceptors (Lipinski definition) is 1. The smallest absolute Gasteiger partial charge is 0.335 e. The molecule has 0 spiro atoms. The van der Waals surface area contributed by atoms with Crippen LogP contribution in [0, 0.1) is 3.57 Å². The van der Waals surface area contributed by atoms with Crippen molar-refractivity contribution < 1.29 is 9.90 Å². The maximum Gasteiger partial charge on any atom is 0.335 e. The number of aromatic carboxylic acids is 1. The highest BCUT2D eigenvalue weighted by Gasteiger charge is 2.08. The molecule has 0 unspecified atom stereocenters. The Labute approximate surface area is 94.5 Å². The number of hydrogen-bond donors (Lipinski definition) is 1. The third kappa shape index (κ3) is 1.39. The van der Waals surface area contributed by atoms with Crippen molar-refractivity contribution in [2.24, 2.45) is 7.05 Å². The van der Waals surface area contributed by atoms with Crippen molar-refractivity contribution in [2.75, 3.05) is 0 Å². The predicted octanol–water partition coefficient (Wildman–Crippen LogP) is 2.48. The average Bonchev–Trinajstić information content (AvgIpc) is 2.42. The summed E-state index contributed by atoms with van der Waals surface area (Å²) in [6.07, 6.45) is 1.98. The van der Waals surface area contributed by atoms with Gasteiger partial charge in [0.25, 0.3) is 0 Å². The molecule has 0 aliphatic rings. The van der Waals surface area contributed by atoms with E-state index in [1.54, 1.807) is 12.1 Å². The van der Waals surface area contributed by atoms with Gasteiger partial charge in [0.1, 0.15) is 0 Å². The number of aromatic nitrogens is 1. The van der Waals surface area contributed by atoms with Crippen LogP contribution >= 0.6 is 22.6 Å². The lowest BCUT2D eigenvalue weighted by Crippen LogP contribution is -1.96. The van der Waals surface area contributed by atoms with Gasteiger partial charge in [0.15, 0.2) is 0 Å². The minimum Gasteiger partial charge on any atom is -0.478 e. The van der Waals surface area contributed by atoms with E-state index < -0.39 is 5.97 Å². The van der Waals surface area contributed by atoms with Crippen molar-refractivity contribution in [3.8, 4) is 0 Å². The van der Waals surface area contributed by atoms with Crippen molar-refractivity contribution in [2.45, 2.75) is 0 Å². The zero-order valence-electron chi connectivity index (χ0n) is 7.49. The number of carboxylic acids is 1. The monoisotopic (exact) mass is 301 g/mol. The standard InChI is InChI=1S/C10H8INO2/c1-12-5-8(11)7-3-2-6(10(13)14)4-9(7)12/h2-5H,1H3,(H,13,14). The molecule has 3 nitrogen and oxygen atoms in total. The summed E-state index contributed by atoms with van der Waals surface area (Å²) in [5.74, 6) is -0.886. The summed E-state index contributed by atoms with van der Waals surface area (Å²) in [5.41, 5.74) is 1.28. The van der Waals surface area contributed by atoms with Crippen LogP contribution in [0.1, 0.15) is 10.4 Å². The zero-order chi connectivity index (χ0) is 10.3. The number of aryl methyl sites for hydroxylation is 1. The quantitative estimate of drug-likeness (QED) is 0.822. The fourth-order valence-electron chi connectivity index (χ4n) is 1.47. The topological polar surface area (TPSA) is 42.2 Å². The molecule has 1 aromatic carbocycles. The summed E-state index contributed by atoms with van der Waals surface area (Å²) in [4.78, 5) is 10.8. The van der Waals surface area contributed by atoms with Gasteiger partial charge in [0, 0.05) is 27.7 Å². The van der Waals surface area contributed by atoms with Crippen molar-refractivity contribution in [3.05, 3.63) is 33.5 Å². The van der Waals surface area contributed by atoms with E-state index in [0.717, 1.165) is 14.5 Å². The molecule has 0 radical (unpaired) electrons. The van der Waals surface area contributed by atoms with Gasteiger partial charge in [-0.05, 0) is 34.7 Å². The van der Waals surface area contributed by atoms with Crippen LogP contribution in [0.2, 0.25) is 0 Å². The molecule has 14 heavy (non-hydrogen) atoms. The Morgan fingerprint density at radius 3 is 2.86 bits per heavy atom. The Hall–Kier alpha value is -1.04. The normalized spacial score (nSPS) is 10.7. The van der Waals surface area contributed by atoms with Crippen molar-refractivity contribution in [1.82, 2.24) is 4.57 Å². The van der Waals surface area contributed by atoms with Crippen molar-refractivity contribution >= 4 is 39.5 Å². The molecular formula is C10H8INO2. The van der Waals surface area contributed by atoms with Gasteiger partial charge >= 0.3 is 5.97 Å². The SMILES string of the molecule is Cn1cc(I)c2ccc(C(=O)O)cc21. The Kier molecular flexibility index (Phi) is 2.22. The molecule has 0 atom stereocenters. The summed E-state index contributed by atoms with van der Waals surface area (Å²) in [6.45, 7) is 0. The highest BCUT2D eigenvalue weighted by atomic mass is 127. The zero-order valence-corrected chi connectivity index (χ0v) is 9.65. The molecule has 0 aliphatic carbocycles. The van der Waals surface area contributed by atoms with E-state index in [-0.39, 0.29) is 0 Å². The molecule has 0 bridgehead atoms. The first-order valence-electron chi connectivity index (χ1n) is 4.07. The van der Waals surface area contributed by atoms with Crippen LogP contribution < -0.4 is 0 Å². The van der Waals surface area contributed by atoms with Crippen LogP contribution in [0.3, 0.4) is 0 Å². The van der Waals surface area contributed by atoms with E-state index in [9.17, 15) is 4.79 Å². The van der Waals surface area contributed by atoms with Gasteiger partial charge in [0.2, 0.25) is 0 Å². The van der Waals surface area contributed by atoms with Gasteiger partial charge in [-0.25, -0.2) is 4.79 Å². The van der Waals surface area contributed by atoms with E-state index in [1.807, 2.05) is 23.9 Å². The maximum atomic E-state index is 10.8. The van der Waals surface area contributed by atoms with Crippen LogP contribution in [0.4, 0.5) is 0 Å². The van der Waals surface area contributed by atoms with Crippen LogP contribution in [0.25, 0.3) is 10.9 Å². The molecule has 72 valence electrons. The second-order valence-corrected chi connectivity index (χ2v) is 4.29. The molecule has 0 fully saturated rings. The first-order chi connectivity index (χ1) is 6.59. The summed E-state index contributed by atoms with van der Waals surface area (Å²) < 4.78 is 3.07. The number of nitrogens with zero attached hydrogens (tertiary/aromatic N) is 1. The summed E-state index contributed by atoms with van der Waals surface area (Å²) >= 11 is 2.24. The number of rotatable bonds is 1. The van der Waals surface area contributed by atoms with E-state index >= 15 is 0 Å². The number of halogens is 1. The Bertz CT molecular complexity index is 516. The summed E-state index contributed by atoms with van der Waals surface area (Å²) in [7, 11) is 1.91. The molecule has 0 saturated heterocycles. The van der Waals surface area contributed by atoms with Crippen molar-refractivity contribution in [3.63, 3.8) is 0 Å². The van der Waals surface area contributed by atoms with Gasteiger partial charge in [-0.1, -0.05) is 6.07 Å². The fourth-order valence-corrected chi connectivity index (χ4v) is 2.34. The molecule has 1 heterocycles. The highest BCUT2D eigenvalue weighted by molar-refractivity contribution is 14.1. The molecule has 0 saturated carbocycles. The molecule has 0 aliphatic heterocycles. The molecule has 2 aromatic rings. The van der Waals surface area contributed by atoms with Gasteiger partial charge in [0.05, 0.1) is 5.56 Å². The van der Waals surface area contributed by atoms with E-state index in [0.29, 0.717) is 5.56 Å². The molecule has 1 N–H and O–H groups in total. The Morgan fingerprint density at radius 1 is 1.50 bits per heavy atom. The summed E-state index contributed by atoms with van der Waals surface area (Å²) in [6, 6.07) is 5.17. The minimum atomic E-state index is -0.886. The second kappa shape index (κ2) is 3.27. The van der Waals surface area contributed by atoms with E-state index in [2.05, 4.69) is 22.6 Å². The molecule has 2 rings (SSSR count). The Morgan fingerprint density at radius 2 is 2.21 bits per heavy atom. The molecule has 4 heteroatoms. The number of fused-ring (bicyclic) bond motifs is 1. The van der Waals surface area contributed by atoms with Crippen LogP contribution in [-0.2, 0) is 7.05 Å². The maximum absolute atomic E-state index is 10.8. The minimum absolute atomic E-state index is 0.329. The fraction of sp³-hybridized carbons (Fsp3) is 0.100. The lowest BCUT2D eigenvalue weighted by atomic mass is 10.2. The lowest BCUT2D eigenvalue weighted by Gasteiger charge is -1.97. The van der Waals surface area contributed by atoms with E-state index in [4.69, 9.17) is 5.11 Å². The first-order valence-corrected chi connectivity index (χ1v) is 5.15. The molecular weight excluding hydrogens is 293 g/mol. The Balaban J connectivity index is 2.77. The third-order valence-corrected chi connectivity index (χ3v) is 3.05. The first kappa shape index (κ1) is 9.51. The highest BCUT2D eigenvalue weighted by Crippen LogP contribution is 2.23. The van der Waals surface area contributed by atoms with Gasteiger partial charge in [-0.2, -0.15) is 0 Å². The van der Waals surface area contributed by atoms with Crippen molar-refractivity contribution in [1.29, 1.82) is 0 Å². The lowest BCUT2D eigenvalue weighted by molar-refractivity contribution is 0.0697. The largest absolute Gasteiger partial charge is 0.478 e. The van der Waals surface area contributed by atoms with Gasteiger partial charge in [-0.15, -0.1) is 0 Å². The van der Waals surface area contributed by atoms with Crippen LogP contribution in [-0.4, -0.2) is 15.6 Å². The predicted molar refractivity (Wildman–Crippen MR) is 62.6 cm³/mol. The van der Waals surface area contributed by atoms with Crippen LogP contribution in [0.5, 0.6) is 0 Å². The van der Waals surface area contributed by atoms with Crippen LogP contribution in [0.15, 0.2) is 24.4 Å². The number of benzene rings is 1. The molecule has 0 amide bonds.